The highest BCUT2D eigenvalue weighted by molar-refractivity contribution is 5.83. The van der Waals surface area contributed by atoms with Crippen molar-refractivity contribution in [2.24, 2.45) is 0 Å². The highest BCUT2D eigenvalue weighted by atomic mass is 16.5. The zero-order chi connectivity index (χ0) is 18.2. The molecule has 2 N–H and O–H groups in total. The molecule has 2 aromatic carbocycles. The second kappa shape index (κ2) is 8.87. The Morgan fingerprint density at radius 3 is 2.20 bits per heavy atom. The third-order valence-electron chi connectivity index (χ3n) is 3.77. The molecule has 2 amide bonds. The molecule has 25 heavy (non-hydrogen) atoms. The van der Waals surface area contributed by atoms with Crippen molar-refractivity contribution in [3.8, 4) is 5.75 Å². The monoisotopic (exact) mass is 340 g/mol. The van der Waals surface area contributed by atoms with E-state index in [0.717, 1.165) is 16.7 Å². The van der Waals surface area contributed by atoms with Crippen molar-refractivity contribution in [3.05, 3.63) is 65.2 Å². The lowest BCUT2D eigenvalue weighted by Gasteiger charge is -2.13. The number of hydrazine groups is 1. The van der Waals surface area contributed by atoms with Gasteiger partial charge in [-0.2, -0.15) is 0 Å². The summed E-state index contributed by atoms with van der Waals surface area (Å²) in [4.78, 5) is 23.7. The summed E-state index contributed by atoms with van der Waals surface area (Å²) in [7, 11) is 0. The first-order valence-electron chi connectivity index (χ1n) is 8.28. The van der Waals surface area contributed by atoms with E-state index in [9.17, 15) is 9.59 Å². The minimum atomic E-state index is -0.403. The van der Waals surface area contributed by atoms with E-state index in [1.165, 1.54) is 0 Å². The van der Waals surface area contributed by atoms with Gasteiger partial charge in [-0.3, -0.25) is 20.4 Å². The summed E-state index contributed by atoms with van der Waals surface area (Å²) in [5, 5.41) is 0. The van der Waals surface area contributed by atoms with Gasteiger partial charge in [-0.15, -0.1) is 0 Å². The van der Waals surface area contributed by atoms with E-state index in [0.29, 0.717) is 12.2 Å². The largest absolute Gasteiger partial charge is 0.484 e. The van der Waals surface area contributed by atoms with Gasteiger partial charge in [0.25, 0.3) is 5.91 Å². The number of nitrogens with one attached hydrogen (secondary N) is 2. The fourth-order valence-corrected chi connectivity index (χ4v) is 2.57. The summed E-state index contributed by atoms with van der Waals surface area (Å²) >= 11 is 0. The number of hydrogen-bond donors (Lipinski definition) is 2. The van der Waals surface area contributed by atoms with Crippen LogP contribution in [0.1, 0.15) is 36.0 Å². The molecule has 132 valence electrons. The summed E-state index contributed by atoms with van der Waals surface area (Å²) in [6.45, 7) is 5.75. The maximum absolute atomic E-state index is 11.9. The number of carbonyl (C=O) groups is 2. The van der Waals surface area contributed by atoms with Gasteiger partial charge in [-0.05, 0) is 48.6 Å². The SMILES string of the molecule is Cc1cc(C)cc(OCC(=O)NNC(=O)C[C@H](C)c2ccccc2)c1. The molecule has 2 rings (SSSR count). The van der Waals surface area contributed by atoms with Gasteiger partial charge in [0, 0.05) is 6.42 Å². The van der Waals surface area contributed by atoms with E-state index < -0.39 is 5.91 Å². The van der Waals surface area contributed by atoms with Crippen LogP contribution in [0.15, 0.2) is 48.5 Å². The Morgan fingerprint density at radius 1 is 0.960 bits per heavy atom. The number of hydrogen-bond acceptors (Lipinski definition) is 3. The smallest absolute Gasteiger partial charge is 0.276 e. The van der Waals surface area contributed by atoms with Gasteiger partial charge in [-0.25, -0.2) is 0 Å². The molecule has 0 spiro atoms. The molecular weight excluding hydrogens is 316 g/mol. The lowest BCUT2D eigenvalue weighted by atomic mass is 9.98. The molecule has 0 aliphatic heterocycles. The summed E-state index contributed by atoms with van der Waals surface area (Å²) in [6, 6.07) is 15.5. The van der Waals surface area contributed by atoms with Crippen molar-refractivity contribution >= 4 is 11.8 Å². The fourth-order valence-electron chi connectivity index (χ4n) is 2.57. The standard InChI is InChI=1S/C20H24N2O3/c1-14-9-15(2)11-18(10-14)25-13-20(24)22-21-19(23)12-16(3)17-7-5-4-6-8-17/h4-11,16H,12-13H2,1-3H3,(H,21,23)(H,22,24)/t16-/m0/s1. The van der Waals surface area contributed by atoms with Gasteiger partial charge in [-0.1, -0.05) is 43.3 Å². The van der Waals surface area contributed by atoms with Crippen LogP contribution in [0, 0.1) is 13.8 Å². The molecular formula is C20H24N2O3. The van der Waals surface area contributed by atoms with Crippen molar-refractivity contribution in [3.63, 3.8) is 0 Å². The Balaban J connectivity index is 1.73. The maximum Gasteiger partial charge on any atom is 0.276 e. The fraction of sp³-hybridized carbons (Fsp3) is 0.300. The van der Waals surface area contributed by atoms with Crippen LogP contribution in [0.25, 0.3) is 0 Å². The molecule has 0 unspecified atom stereocenters. The lowest BCUT2D eigenvalue weighted by Crippen LogP contribution is -2.44. The molecule has 0 heterocycles. The van der Waals surface area contributed by atoms with Gasteiger partial charge in [0.2, 0.25) is 5.91 Å². The average molecular weight is 340 g/mol. The van der Waals surface area contributed by atoms with Crippen molar-refractivity contribution in [1.29, 1.82) is 0 Å². The minimum Gasteiger partial charge on any atom is -0.484 e. The van der Waals surface area contributed by atoms with E-state index in [-0.39, 0.29) is 18.4 Å². The number of amides is 2. The quantitative estimate of drug-likeness (QED) is 0.794. The van der Waals surface area contributed by atoms with Gasteiger partial charge in [0.15, 0.2) is 6.61 Å². The van der Waals surface area contributed by atoms with Crippen LogP contribution in [0.3, 0.4) is 0 Å². The van der Waals surface area contributed by atoms with E-state index in [4.69, 9.17) is 4.74 Å². The van der Waals surface area contributed by atoms with Gasteiger partial charge in [0.05, 0.1) is 0 Å². The second-order valence-corrected chi connectivity index (χ2v) is 6.22. The maximum atomic E-state index is 11.9. The number of rotatable bonds is 6. The molecule has 0 radical (unpaired) electrons. The van der Waals surface area contributed by atoms with Gasteiger partial charge >= 0.3 is 0 Å². The predicted octanol–water partition coefficient (Wildman–Crippen LogP) is 3.02. The number of benzene rings is 2. The second-order valence-electron chi connectivity index (χ2n) is 6.22. The van der Waals surface area contributed by atoms with Crippen molar-refractivity contribution in [1.82, 2.24) is 10.9 Å². The van der Waals surface area contributed by atoms with Gasteiger partial charge < -0.3 is 4.74 Å². The number of ether oxygens (including phenoxy) is 1. The average Bonchev–Trinajstić information content (AvgIpc) is 2.58. The Labute approximate surface area is 148 Å². The molecule has 5 heteroatoms. The summed E-state index contributed by atoms with van der Waals surface area (Å²) in [6.07, 6.45) is 0.294. The molecule has 2 aromatic rings. The van der Waals surface area contributed by atoms with Crippen LogP contribution in [-0.4, -0.2) is 18.4 Å². The normalized spacial score (nSPS) is 11.5. The first-order chi connectivity index (χ1) is 11.9. The van der Waals surface area contributed by atoms with E-state index in [1.54, 1.807) is 0 Å². The molecule has 5 nitrogen and oxygen atoms in total. The van der Waals surface area contributed by atoms with Crippen LogP contribution >= 0.6 is 0 Å². The third kappa shape index (κ3) is 6.30. The topological polar surface area (TPSA) is 67.4 Å². The molecule has 0 saturated heterocycles. The van der Waals surface area contributed by atoms with E-state index in [1.807, 2.05) is 69.3 Å². The summed E-state index contributed by atoms with van der Waals surface area (Å²) in [5.41, 5.74) is 8.02. The van der Waals surface area contributed by atoms with Crippen LogP contribution in [0.5, 0.6) is 5.75 Å². The highest BCUT2D eigenvalue weighted by Gasteiger charge is 2.12. The van der Waals surface area contributed by atoms with E-state index >= 15 is 0 Å². The molecule has 0 aliphatic rings. The minimum absolute atomic E-state index is 0.0737. The van der Waals surface area contributed by atoms with Crippen molar-refractivity contribution in [2.75, 3.05) is 6.61 Å². The molecule has 1 atom stereocenters. The van der Waals surface area contributed by atoms with Crippen molar-refractivity contribution < 1.29 is 14.3 Å². The molecule has 0 aromatic heterocycles. The van der Waals surface area contributed by atoms with Crippen LogP contribution < -0.4 is 15.6 Å². The Kier molecular flexibility index (Phi) is 6.57. The molecule has 0 aliphatic carbocycles. The first kappa shape index (κ1) is 18.5. The van der Waals surface area contributed by atoms with Crippen LogP contribution in [0.4, 0.5) is 0 Å². The molecule has 0 fully saturated rings. The Morgan fingerprint density at radius 2 is 1.56 bits per heavy atom. The summed E-state index contributed by atoms with van der Waals surface area (Å²) in [5.74, 6) is 0.0669. The zero-order valence-corrected chi connectivity index (χ0v) is 14.8. The van der Waals surface area contributed by atoms with Crippen LogP contribution in [-0.2, 0) is 9.59 Å². The van der Waals surface area contributed by atoms with E-state index in [2.05, 4.69) is 10.9 Å². The van der Waals surface area contributed by atoms with Crippen molar-refractivity contribution in [2.45, 2.75) is 33.1 Å². The molecule has 0 saturated carbocycles. The lowest BCUT2D eigenvalue weighted by molar-refractivity contribution is -0.130. The number of aryl methyl sites for hydroxylation is 2. The Hall–Kier alpha value is -2.82. The highest BCUT2D eigenvalue weighted by Crippen LogP contribution is 2.18. The predicted molar refractivity (Wildman–Crippen MR) is 97.2 cm³/mol. The third-order valence-corrected chi connectivity index (χ3v) is 3.77. The van der Waals surface area contributed by atoms with Crippen LogP contribution in [0.2, 0.25) is 0 Å². The number of carbonyl (C=O) groups excluding carboxylic acids is 2. The van der Waals surface area contributed by atoms with Gasteiger partial charge in [0.1, 0.15) is 5.75 Å². The Bertz CT molecular complexity index is 709. The first-order valence-corrected chi connectivity index (χ1v) is 8.28. The zero-order valence-electron chi connectivity index (χ0n) is 14.8. The summed E-state index contributed by atoms with van der Waals surface area (Å²) < 4.78 is 5.45. The molecule has 0 bridgehead atoms.